The van der Waals surface area contributed by atoms with Gasteiger partial charge < -0.3 is 10.2 Å². The number of rotatable bonds is 6. The fourth-order valence-corrected chi connectivity index (χ4v) is 4.06. The van der Waals surface area contributed by atoms with Crippen LogP contribution in [0.2, 0.25) is 0 Å². The van der Waals surface area contributed by atoms with Crippen molar-refractivity contribution in [2.75, 3.05) is 13.1 Å². The average Bonchev–Trinajstić information content (AvgIpc) is 3.08. The van der Waals surface area contributed by atoms with Gasteiger partial charge in [0.05, 0.1) is 5.25 Å². The van der Waals surface area contributed by atoms with Crippen LogP contribution in [0.5, 0.6) is 0 Å². The summed E-state index contributed by atoms with van der Waals surface area (Å²) in [6.45, 7) is 6.07. The lowest BCUT2D eigenvalue weighted by molar-refractivity contribution is -0.120. The van der Waals surface area contributed by atoms with E-state index in [-0.39, 0.29) is 17.2 Å². The molecule has 1 heterocycles. The van der Waals surface area contributed by atoms with Crippen LogP contribution in [0.25, 0.3) is 0 Å². The van der Waals surface area contributed by atoms with E-state index in [1.807, 2.05) is 13.0 Å². The van der Waals surface area contributed by atoms with Gasteiger partial charge in [0.25, 0.3) is 0 Å². The van der Waals surface area contributed by atoms with E-state index in [1.54, 1.807) is 0 Å². The Morgan fingerprint density at radius 1 is 1.26 bits per heavy atom. The lowest BCUT2D eigenvalue weighted by Crippen LogP contribution is -2.39. The number of carbonyl (C=O) groups excluding carboxylic acids is 1. The molecule has 3 nitrogen and oxygen atoms in total. The van der Waals surface area contributed by atoms with E-state index >= 15 is 0 Å². The highest BCUT2D eigenvalue weighted by atomic mass is 32.2. The first-order chi connectivity index (χ1) is 11.1. The number of carbonyl (C=O) groups is 1. The van der Waals surface area contributed by atoms with Gasteiger partial charge in [0.2, 0.25) is 5.91 Å². The third kappa shape index (κ3) is 6.15. The van der Waals surface area contributed by atoms with Gasteiger partial charge >= 0.3 is 0 Å². The topological polar surface area (TPSA) is 32.3 Å². The van der Waals surface area contributed by atoms with Crippen LogP contribution in [0.4, 0.5) is 0 Å². The molecule has 1 N–H and O–H groups in total. The molecule has 2 unspecified atom stereocenters. The van der Waals surface area contributed by atoms with Crippen LogP contribution in [-0.2, 0) is 11.2 Å². The second-order valence-electron chi connectivity index (χ2n) is 6.15. The standard InChI is InChI=1S/C18H26N2OS2/c1-14(10-11-16-8-4-3-5-9-16)19-17(21)15(2)23-18(22)20-12-6-7-13-20/h3-5,8-9,14-15H,6-7,10-13H2,1-2H3,(H,19,21). The highest BCUT2D eigenvalue weighted by Gasteiger charge is 2.22. The van der Waals surface area contributed by atoms with Gasteiger partial charge in [-0.1, -0.05) is 54.3 Å². The van der Waals surface area contributed by atoms with Crippen molar-refractivity contribution in [2.24, 2.45) is 0 Å². The zero-order chi connectivity index (χ0) is 16.7. The van der Waals surface area contributed by atoms with E-state index in [1.165, 1.54) is 30.2 Å². The number of hydrogen-bond acceptors (Lipinski definition) is 3. The molecule has 2 atom stereocenters. The highest BCUT2D eigenvalue weighted by Crippen LogP contribution is 2.20. The molecular weight excluding hydrogens is 324 g/mol. The number of nitrogens with one attached hydrogen (secondary N) is 1. The summed E-state index contributed by atoms with van der Waals surface area (Å²) in [5.74, 6) is 0.0807. The first kappa shape index (κ1) is 18.3. The maximum absolute atomic E-state index is 12.3. The van der Waals surface area contributed by atoms with Crippen LogP contribution in [-0.4, -0.2) is 39.5 Å². The van der Waals surface area contributed by atoms with Crippen LogP contribution in [0, 0.1) is 0 Å². The van der Waals surface area contributed by atoms with E-state index < -0.39 is 0 Å². The van der Waals surface area contributed by atoms with Gasteiger partial charge in [-0.3, -0.25) is 4.79 Å². The van der Waals surface area contributed by atoms with Gasteiger partial charge in [0.15, 0.2) is 0 Å². The molecule has 0 radical (unpaired) electrons. The van der Waals surface area contributed by atoms with Gasteiger partial charge in [-0.2, -0.15) is 0 Å². The van der Waals surface area contributed by atoms with Crippen molar-refractivity contribution in [2.45, 2.75) is 50.8 Å². The molecule has 1 aliphatic rings. The molecule has 2 rings (SSSR count). The molecule has 1 aromatic carbocycles. The molecular formula is C18H26N2OS2. The summed E-state index contributed by atoms with van der Waals surface area (Å²) in [6, 6.07) is 10.6. The van der Waals surface area contributed by atoms with Crippen molar-refractivity contribution in [3.8, 4) is 0 Å². The van der Waals surface area contributed by atoms with Crippen LogP contribution in [0.1, 0.15) is 38.7 Å². The van der Waals surface area contributed by atoms with Gasteiger partial charge in [-0.05, 0) is 45.1 Å². The third-order valence-electron chi connectivity index (χ3n) is 4.11. The van der Waals surface area contributed by atoms with Crippen molar-refractivity contribution >= 4 is 34.2 Å². The minimum absolute atomic E-state index is 0.0807. The fourth-order valence-electron chi connectivity index (χ4n) is 2.64. The first-order valence-corrected chi connectivity index (χ1v) is 9.65. The zero-order valence-electron chi connectivity index (χ0n) is 14.0. The molecule has 5 heteroatoms. The Labute approximate surface area is 149 Å². The largest absolute Gasteiger partial charge is 0.358 e. The lowest BCUT2D eigenvalue weighted by atomic mass is 10.1. The van der Waals surface area contributed by atoms with Crippen molar-refractivity contribution in [3.63, 3.8) is 0 Å². The van der Waals surface area contributed by atoms with E-state index in [0.29, 0.717) is 0 Å². The van der Waals surface area contributed by atoms with E-state index in [0.717, 1.165) is 30.3 Å². The van der Waals surface area contributed by atoms with Crippen molar-refractivity contribution in [3.05, 3.63) is 35.9 Å². The molecule has 1 amide bonds. The average molecular weight is 351 g/mol. The van der Waals surface area contributed by atoms with Crippen LogP contribution in [0.3, 0.4) is 0 Å². The molecule has 0 aliphatic carbocycles. The van der Waals surface area contributed by atoms with E-state index in [2.05, 4.69) is 41.4 Å². The predicted molar refractivity (Wildman–Crippen MR) is 103 cm³/mol. The lowest BCUT2D eigenvalue weighted by Gasteiger charge is -2.21. The molecule has 1 fully saturated rings. The monoisotopic (exact) mass is 350 g/mol. The molecule has 1 aliphatic heterocycles. The second-order valence-corrected chi connectivity index (χ2v) is 8.13. The molecule has 1 aromatic rings. The van der Waals surface area contributed by atoms with Crippen molar-refractivity contribution in [1.82, 2.24) is 10.2 Å². The number of thiocarbonyl (C=S) groups is 1. The predicted octanol–water partition coefficient (Wildman–Crippen LogP) is 3.63. The highest BCUT2D eigenvalue weighted by molar-refractivity contribution is 8.23. The van der Waals surface area contributed by atoms with Crippen molar-refractivity contribution in [1.29, 1.82) is 0 Å². The second kappa shape index (κ2) is 9.28. The van der Waals surface area contributed by atoms with Gasteiger partial charge in [-0.15, -0.1) is 0 Å². The zero-order valence-corrected chi connectivity index (χ0v) is 15.6. The maximum Gasteiger partial charge on any atom is 0.233 e. The van der Waals surface area contributed by atoms with Crippen LogP contribution >= 0.6 is 24.0 Å². The number of benzene rings is 1. The smallest absolute Gasteiger partial charge is 0.233 e. The SMILES string of the molecule is CC(CCc1ccccc1)NC(=O)C(C)SC(=S)N1CCCC1. The number of hydrogen-bond donors (Lipinski definition) is 1. The summed E-state index contributed by atoms with van der Waals surface area (Å²) in [5, 5.41) is 2.97. The molecule has 0 bridgehead atoms. The Morgan fingerprint density at radius 2 is 1.91 bits per heavy atom. The summed E-state index contributed by atoms with van der Waals surface area (Å²) >= 11 is 6.95. The number of aryl methyl sites for hydroxylation is 1. The minimum Gasteiger partial charge on any atom is -0.358 e. The van der Waals surface area contributed by atoms with Crippen molar-refractivity contribution < 1.29 is 4.79 Å². The molecule has 1 saturated heterocycles. The summed E-state index contributed by atoms with van der Waals surface area (Å²) in [5.41, 5.74) is 1.31. The van der Waals surface area contributed by atoms with Gasteiger partial charge in [-0.25, -0.2) is 0 Å². The van der Waals surface area contributed by atoms with E-state index in [4.69, 9.17) is 12.2 Å². The number of amides is 1. The summed E-state index contributed by atoms with van der Waals surface area (Å²) < 4.78 is 0.863. The number of thioether (sulfide) groups is 1. The Hall–Kier alpha value is -1.07. The van der Waals surface area contributed by atoms with Crippen LogP contribution < -0.4 is 5.32 Å². The quantitative estimate of drug-likeness (QED) is 0.794. The summed E-state index contributed by atoms with van der Waals surface area (Å²) in [4.78, 5) is 14.5. The third-order valence-corrected chi connectivity index (χ3v) is 5.68. The Bertz CT molecular complexity index is 515. The first-order valence-electron chi connectivity index (χ1n) is 8.36. The maximum atomic E-state index is 12.3. The molecule has 0 spiro atoms. The molecule has 0 saturated carbocycles. The minimum atomic E-state index is -0.137. The number of likely N-dealkylation sites (tertiary alicyclic amines) is 1. The molecule has 0 aromatic heterocycles. The Morgan fingerprint density at radius 3 is 2.57 bits per heavy atom. The molecule has 126 valence electrons. The Kier molecular flexibility index (Phi) is 7.37. The van der Waals surface area contributed by atoms with Gasteiger partial charge in [0.1, 0.15) is 4.32 Å². The summed E-state index contributed by atoms with van der Waals surface area (Å²) in [7, 11) is 0. The fraction of sp³-hybridized carbons (Fsp3) is 0.556. The Balaban J connectivity index is 1.70. The van der Waals surface area contributed by atoms with Gasteiger partial charge in [0, 0.05) is 19.1 Å². The number of nitrogens with zero attached hydrogens (tertiary/aromatic N) is 1. The normalized spacial score (nSPS) is 16.9. The van der Waals surface area contributed by atoms with E-state index in [9.17, 15) is 4.79 Å². The van der Waals surface area contributed by atoms with Crippen LogP contribution in [0.15, 0.2) is 30.3 Å². The summed E-state index contributed by atoms with van der Waals surface area (Å²) in [6.07, 6.45) is 4.34. The molecule has 23 heavy (non-hydrogen) atoms.